The summed E-state index contributed by atoms with van der Waals surface area (Å²) in [5.74, 6) is 1.30. The van der Waals surface area contributed by atoms with Crippen LogP contribution in [0, 0.1) is 11.8 Å². The van der Waals surface area contributed by atoms with Crippen molar-refractivity contribution in [3.8, 4) is 0 Å². The molecule has 8 heteroatoms. The van der Waals surface area contributed by atoms with Gasteiger partial charge in [-0.3, -0.25) is 4.79 Å². The van der Waals surface area contributed by atoms with Gasteiger partial charge in [-0.25, -0.2) is 8.42 Å². The molecule has 2 atom stereocenters. The van der Waals surface area contributed by atoms with Gasteiger partial charge in [0, 0.05) is 20.1 Å². The average molecular weight is 340 g/mol. The number of hydrogen-bond donors (Lipinski definition) is 1. The van der Waals surface area contributed by atoms with E-state index in [-0.39, 0.29) is 30.6 Å². The van der Waals surface area contributed by atoms with E-state index < -0.39 is 10.0 Å². The van der Waals surface area contributed by atoms with E-state index in [0.717, 1.165) is 39.0 Å². The van der Waals surface area contributed by atoms with Crippen molar-refractivity contribution in [2.45, 2.75) is 19.8 Å². The molecule has 2 heterocycles. The third kappa shape index (κ3) is 4.55. The van der Waals surface area contributed by atoms with Crippen LogP contribution in [0.5, 0.6) is 0 Å². The lowest BCUT2D eigenvalue weighted by atomic mass is 9.92. The van der Waals surface area contributed by atoms with Gasteiger partial charge in [0.05, 0.1) is 12.3 Å². The molecule has 21 heavy (non-hydrogen) atoms. The van der Waals surface area contributed by atoms with Crippen LogP contribution in [-0.2, 0) is 14.8 Å². The van der Waals surface area contributed by atoms with E-state index in [1.54, 1.807) is 6.92 Å². The first-order valence-corrected chi connectivity index (χ1v) is 8.97. The third-order valence-corrected chi connectivity index (χ3v) is 6.38. The number of carbonyl (C=O) groups is 1. The molecule has 0 aliphatic carbocycles. The monoisotopic (exact) mass is 339 g/mol. The second-order valence-corrected chi connectivity index (χ2v) is 8.16. The van der Waals surface area contributed by atoms with Crippen LogP contribution in [0.4, 0.5) is 0 Å². The summed E-state index contributed by atoms with van der Waals surface area (Å²) < 4.78 is 24.6. The number of hydrogen-bond acceptors (Lipinski definition) is 4. The minimum Gasteiger partial charge on any atom is -0.342 e. The minimum atomic E-state index is -3.28. The Morgan fingerprint density at radius 1 is 1.24 bits per heavy atom. The Hall–Kier alpha value is -0.370. The first-order chi connectivity index (χ1) is 9.44. The third-order valence-electron chi connectivity index (χ3n) is 4.57. The molecule has 0 radical (unpaired) electrons. The van der Waals surface area contributed by atoms with Crippen molar-refractivity contribution in [2.24, 2.45) is 11.8 Å². The number of carbonyl (C=O) groups excluding carboxylic acids is 1. The van der Waals surface area contributed by atoms with Gasteiger partial charge in [-0.15, -0.1) is 12.4 Å². The molecule has 0 bridgehead atoms. The Morgan fingerprint density at radius 2 is 1.76 bits per heavy atom. The molecule has 2 rings (SSSR count). The maximum atomic E-state index is 12.2. The number of nitrogens with zero attached hydrogens (tertiary/aromatic N) is 2. The highest BCUT2D eigenvalue weighted by atomic mass is 35.5. The molecule has 124 valence electrons. The van der Waals surface area contributed by atoms with Crippen molar-refractivity contribution >= 4 is 28.3 Å². The number of sulfonamides is 1. The van der Waals surface area contributed by atoms with Crippen LogP contribution in [0.25, 0.3) is 0 Å². The maximum absolute atomic E-state index is 12.2. The Balaban J connectivity index is 0.00000220. The number of amides is 1. The summed E-state index contributed by atoms with van der Waals surface area (Å²) in [5.41, 5.74) is 0. The van der Waals surface area contributed by atoms with Crippen molar-refractivity contribution in [1.29, 1.82) is 0 Å². The molecule has 0 spiro atoms. The molecule has 6 nitrogen and oxygen atoms in total. The van der Waals surface area contributed by atoms with Gasteiger partial charge >= 0.3 is 0 Å². The summed E-state index contributed by atoms with van der Waals surface area (Å²) in [4.78, 5) is 14.1. The summed E-state index contributed by atoms with van der Waals surface area (Å²) in [5, 5.41) is 3.40. The summed E-state index contributed by atoms with van der Waals surface area (Å²) in [6, 6.07) is 0. The average Bonchev–Trinajstić information content (AvgIpc) is 2.77. The molecular formula is C13H26ClN3O3S. The fraction of sp³-hybridized carbons (Fsp3) is 0.923. The molecular weight excluding hydrogens is 314 g/mol. The molecule has 0 aromatic rings. The van der Waals surface area contributed by atoms with Crippen LogP contribution >= 0.6 is 12.4 Å². The molecule has 1 amide bonds. The first-order valence-electron chi connectivity index (χ1n) is 7.36. The van der Waals surface area contributed by atoms with E-state index in [0.29, 0.717) is 11.8 Å². The van der Waals surface area contributed by atoms with E-state index in [4.69, 9.17) is 0 Å². The number of rotatable bonds is 4. The summed E-state index contributed by atoms with van der Waals surface area (Å²) in [6.07, 6.45) is 2.04. The lowest BCUT2D eigenvalue weighted by Crippen LogP contribution is -2.42. The predicted octanol–water partition coefficient (Wildman–Crippen LogP) is 0.148. The summed E-state index contributed by atoms with van der Waals surface area (Å²) in [7, 11) is -1.80. The zero-order valence-electron chi connectivity index (χ0n) is 12.7. The molecule has 0 aromatic carbocycles. The lowest BCUT2D eigenvalue weighted by molar-refractivity contribution is -0.131. The van der Waals surface area contributed by atoms with Gasteiger partial charge in [0.15, 0.2) is 0 Å². The SMILES string of the molecule is CCS(=O)(=O)N(C)CC(=O)N1CC[C@@H]2CNC[C@@H]2CC1.Cl. The molecule has 2 aliphatic heterocycles. The van der Waals surface area contributed by atoms with E-state index in [9.17, 15) is 13.2 Å². The second kappa shape index (κ2) is 7.76. The molecule has 0 saturated carbocycles. The standard InChI is InChI=1S/C13H25N3O3S.ClH/c1-3-20(18,19)15(2)10-13(17)16-6-4-11-8-14-9-12(11)5-7-16;/h11-12,14H,3-10H2,1-2H3;1H/t11-,12+;. The van der Waals surface area contributed by atoms with Gasteiger partial charge in [0.1, 0.15) is 0 Å². The zero-order valence-corrected chi connectivity index (χ0v) is 14.4. The summed E-state index contributed by atoms with van der Waals surface area (Å²) >= 11 is 0. The highest BCUT2D eigenvalue weighted by molar-refractivity contribution is 7.89. The Labute approximate surface area is 133 Å². The Kier molecular flexibility index (Phi) is 6.90. The van der Waals surface area contributed by atoms with E-state index >= 15 is 0 Å². The van der Waals surface area contributed by atoms with Crippen molar-refractivity contribution in [3.63, 3.8) is 0 Å². The second-order valence-electron chi connectivity index (χ2n) is 5.79. The molecule has 2 saturated heterocycles. The van der Waals surface area contributed by atoms with Gasteiger partial charge in [0.25, 0.3) is 0 Å². The molecule has 1 N–H and O–H groups in total. The van der Waals surface area contributed by atoms with Crippen LogP contribution in [0.1, 0.15) is 19.8 Å². The predicted molar refractivity (Wildman–Crippen MR) is 85.0 cm³/mol. The van der Waals surface area contributed by atoms with Gasteiger partial charge in [-0.1, -0.05) is 0 Å². The molecule has 0 aromatic heterocycles. The van der Waals surface area contributed by atoms with Crippen LogP contribution in [0.15, 0.2) is 0 Å². The van der Waals surface area contributed by atoms with Crippen LogP contribution < -0.4 is 5.32 Å². The number of fused-ring (bicyclic) bond motifs is 1. The van der Waals surface area contributed by atoms with E-state index in [2.05, 4.69) is 5.32 Å². The highest BCUT2D eigenvalue weighted by Gasteiger charge is 2.32. The fourth-order valence-corrected chi connectivity index (χ4v) is 3.82. The van der Waals surface area contributed by atoms with Crippen LogP contribution in [0.3, 0.4) is 0 Å². The van der Waals surface area contributed by atoms with Crippen LogP contribution in [0.2, 0.25) is 0 Å². The largest absolute Gasteiger partial charge is 0.342 e. The number of nitrogens with one attached hydrogen (secondary N) is 1. The van der Waals surface area contributed by atoms with Crippen LogP contribution in [-0.4, -0.2) is 69.1 Å². The number of likely N-dealkylation sites (N-methyl/N-ethyl adjacent to an activating group) is 1. The van der Waals surface area contributed by atoms with E-state index in [1.807, 2.05) is 4.90 Å². The van der Waals surface area contributed by atoms with E-state index in [1.165, 1.54) is 11.4 Å². The topological polar surface area (TPSA) is 69.7 Å². The normalized spacial score (nSPS) is 26.1. The van der Waals surface area contributed by atoms with Crippen molar-refractivity contribution in [2.75, 3.05) is 45.5 Å². The van der Waals surface area contributed by atoms with Crippen molar-refractivity contribution in [1.82, 2.24) is 14.5 Å². The van der Waals surface area contributed by atoms with Gasteiger partial charge in [-0.05, 0) is 44.7 Å². The Morgan fingerprint density at radius 3 is 2.24 bits per heavy atom. The van der Waals surface area contributed by atoms with Gasteiger partial charge < -0.3 is 10.2 Å². The van der Waals surface area contributed by atoms with Gasteiger partial charge in [0.2, 0.25) is 15.9 Å². The molecule has 2 aliphatic rings. The maximum Gasteiger partial charge on any atom is 0.237 e. The number of likely N-dealkylation sites (tertiary alicyclic amines) is 1. The zero-order chi connectivity index (χ0) is 14.8. The lowest BCUT2D eigenvalue weighted by Gasteiger charge is -2.24. The van der Waals surface area contributed by atoms with Crippen molar-refractivity contribution in [3.05, 3.63) is 0 Å². The summed E-state index contributed by atoms with van der Waals surface area (Å²) in [6.45, 7) is 5.16. The molecule has 2 fully saturated rings. The number of halogens is 1. The first kappa shape index (κ1) is 18.7. The highest BCUT2D eigenvalue weighted by Crippen LogP contribution is 2.27. The van der Waals surface area contributed by atoms with Gasteiger partial charge in [-0.2, -0.15) is 4.31 Å². The van der Waals surface area contributed by atoms with Crippen molar-refractivity contribution < 1.29 is 13.2 Å². The molecule has 0 unspecified atom stereocenters. The smallest absolute Gasteiger partial charge is 0.237 e. The quantitative estimate of drug-likeness (QED) is 0.791. The Bertz CT molecular complexity index is 444. The fourth-order valence-electron chi connectivity index (χ4n) is 3.08. The minimum absolute atomic E-state index is 0.